The zero-order chi connectivity index (χ0) is 17.7. The fourth-order valence-corrected chi connectivity index (χ4v) is 2.12. The van der Waals surface area contributed by atoms with Gasteiger partial charge in [-0.15, -0.1) is 0 Å². The minimum Gasteiger partial charge on any atom is -0.454 e. The molecule has 0 saturated carbocycles. The number of benzene rings is 1. The Morgan fingerprint density at radius 1 is 1.25 bits per heavy atom. The third-order valence-corrected chi connectivity index (χ3v) is 3.48. The summed E-state index contributed by atoms with van der Waals surface area (Å²) in [6.07, 6.45) is -0.239. The van der Waals surface area contributed by atoms with Crippen molar-refractivity contribution in [2.45, 2.75) is 25.4 Å². The Morgan fingerprint density at radius 2 is 1.96 bits per heavy atom. The summed E-state index contributed by atoms with van der Waals surface area (Å²) in [6.45, 7) is 1.84. The van der Waals surface area contributed by atoms with Gasteiger partial charge in [-0.1, -0.05) is 0 Å². The van der Waals surface area contributed by atoms with Crippen LogP contribution in [0.3, 0.4) is 0 Å². The molecule has 1 heterocycles. The Kier molecular flexibility index (Phi) is 5.72. The molecule has 1 aliphatic heterocycles. The maximum atomic E-state index is 12.3. The van der Waals surface area contributed by atoms with Crippen molar-refractivity contribution in [3.8, 4) is 11.5 Å². The van der Waals surface area contributed by atoms with Crippen LogP contribution in [0.1, 0.15) is 23.7 Å². The molecule has 1 aromatic rings. The highest BCUT2D eigenvalue weighted by atomic mass is 16.7. The molecule has 0 bridgehead atoms. The van der Waals surface area contributed by atoms with Crippen LogP contribution in [0, 0.1) is 0 Å². The number of ketones is 1. The molecule has 9 heteroatoms. The molecule has 0 radical (unpaired) electrons. The number of nitrogens with one attached hydrogen (secondary N) is 2. The molecule has 0 saturated heterocycles. The predicted molar refractivity (Wildman–Crippen MR) is 84.3 cm³/mol. The lowest BCUT2D eigenvalue weighted by atomic mass is 10.1. The molecule has 24 heavy (non-hydrogen) atoms. The first-order valence-electron chi connectivity index (χ1n) is 7.37. The van der Waals surface area contributed by atoms with Crippen LogP contribution in [0.2, 0.25) is 0 Å². The van der Waals surface area contributed by atoms with Gasteiger partial charge in [0.25, 0.3) is 0 Å². The highest BCUT2D eigenvalue weighted by Gasteiger charge is 2.20. The van der Waals surface area contributed by atoms with E-state index in [-0.39, 0.29) is 25.7 Å². The molecule has 2 unspecified atom stereocenters. The number of hydrogen-bond donors (Lipinski definition) is 4. The van der Waals surface area contributed by atoms with E-state index in [0.717, 1.165) is 0 Å². The van der Waals surface area contributed by atoms with Gasteiger partial charge in [-0.25, -0.2) is 0 Å². The number of primary amides is 1. The van der Waals surface area contributed by atoms with Gasteiger partial charge in [-0.2, -0.15) is 0 Å². The second-order valence-electron chi connectivity index (χ2n) is 5.35. The van der Waals surface area contributed by atoms with Gasteiger partial charge < -0.3 is 26.3 Å². The van der Waals surface area contributed by atoms with Gasteiger partial charge in [0, 0.05) is 5.56 Å². The van der Waals surface area contributed by atoms with Crippen molar-refractivity contribution in [2.75, 3.05) is 13.5 Å². The number of ether oxygens (including phenoxy) is 2. The molecule has 2 rings (SSSR count). The number of fused-ring (bicyclic) bond motifs is 1. The standard InChI is InChI=1S/C15H20N4O5/c1-8(18-6-19-15(22)10(16)5-13(17)20)14(21)9-2-3-11-12(4-9)24-7-23-11/h2-4,8,10,18H,5-7,16H2,1H3,(H2,17,20)(H,19,22). The van der Waals surface area contributed by atoms with E-state index >= 15 is 0 Å². The maximum Gasteiger partial charge on any atom is 0.238 e. The van der Waals surface area contributed by atoms with E-state index in [4.69, 9.17) is 20.9 Å². The Balaban J connectivity index is 1.82. The largest absolute Gasteiger partial charge is 0.454 e. The Labute approximate surface area is 138 Å². The topological polar surface area (TPSA) is 146 Å². The van der Waals surface area contributed by atoms with E-state index in [1.165, 1.54) is 0 Å². The molecule has 2 atom stereocenters. The van der Waals surface area contributed by atoms with Crippen LogP contribution in [-0.2, 0) is 9.59 Å². The summed E-state index contributed by atoms with van der Waals surface area (Å²) in [5.74, 6) is -0.216. The number of nitrogens with two attached hydrogens (primary N) is 2. The van der Waals surface area contributed by atoms with Crippen LogP contribution in [0.25, 0.3) is 0 Å². The first kappa shape index (κ1) is 17.7. The number of Topliss-reactive ketones (excluding diaryl/α,β-unsaturated/α-hetero) is 1. The normalized spacial score (nSPS) is 14.8. The molecule has 0 spiro atoms. The second kappa shape index (κ2) is 7.75. The highest BCUT2D eigenvalue weighted by Crippen LogP contribution is 2.32. The van der Waals surface area contributed by atoms with Crippen molar-refractivity contribution in [2.24, 2.45) is 11.5 Å². The SMILES string of the molecule is CC(NCNC(=O)C(N)CC(N)=O)C(=O)c1ccc2c(c1)OCO2. The monoisotopic (exact) mass is 336 g/mol. The van der Waals surface area contributed by atoms with Crippen LogP contribution in [0.5, 0.6) is 11.5 Å². The average molecular weight is 336 g/mol. The molecule has 9 nitrogen and oxygen atoms in total. The Morgan fingerprint density at radius 3 is 2.67 bits per heavy atom. The van der Waals surface area contributed by atoms with E-state index in [1.807, 2.05) is 0 Å². The Hall–Kier alpha value is -2.65. The van der Waals surface area contributed by atoms with Crippen LogP contribution >= 0.6 is 0 Å². The van der Waals surface area contributed by atoms with E-state index in [9.17, 15) is 14.4 Å². The predicted octanol–water partition coefficient (Wildman–Crippen LogP) is -1.15. The molecule has 0 aliphatic carbocycles. The fraction of sp³-hybridized carbons (Fsp3) is 0.400. The third-order valence-electron chi connectivity index (χ3n) is 3.48. The number of carbonyl (C=O) groups excluding carboxylic acids is 3. The third kappa shape index (κ3) is 4.43. The van der Waals surface area contributed by atoms with Gasteiger partial charge in [0.15, 0.2) is 17.3 Å². The second-order valence-corrected chi connectivity index (χ2v) is 5.35. The molecule has 1 aliphatic rings. The van der Waals surface area contributed by atoms with Crippen molar-refractivity contribution in [1.82, 2.24) is 10.6 Å². The van der Waals surface area contributed by atoms with Crippen LogP contribution in [0.4, 0.5) is 0 Å². The molecule has 130 valence electrons. The summed E-state index contributed by atoms with van der Waals surface area (Å²) in [6, 6.07) is 3.38. The lowest BCUT2D eigenvalue weighted by Crippen LogP contribution is -2.48. The molecular formula is C15H20N4O5. The van der Waals surface area contributed by atoms with E-state index in [2.05, 4.69) is 10.6 Å². The summed E-state index contributed by atoms with van der Waals surface area (Å²) in [4.78, 5) is 34.7. The van der Waals surface area contributed by atoms with Gasteiger partial charge in [-0.05, 0) is 25.1 Å². The number of amides is 2. The van der Waals surface area contributed by atoms with Gasteiger partial charge in [-0.3, -0.25) is 19.7 Å². The average Bonchev–Trinajstić information content (AvgIpc) is 3.00. The molecule has 0 aromatic heterocycles. The summed E-state index contributed by atoms with van der Waals surface area (Å²) in [5, 5.41) is 5.35. The smallest absolute Gasteiger partial charge is 0.238 e. The lowest BCUT2D eigenvalue weighted by molar-refractivity contribution is -0.126. The Bertz CT molecular complexity index is 649. The van der Waals surface area contributed by atoms with Crippen molar-refractivity contribution in [1.29, 1.82) is 0 Å². The summed E-state index contributed by atoms with van der Waals surface area (Å²) in [7, 11) is 0. The van der Waals surface area contributed by atoms with Crippen molar-refractivity contribution in [3.05, 3.63) is 23.8 Å². The number of hydrogen-bond acceptors (Lipinski definition) is 7. The minimum absolute atomic E-state index is 0.0305. The summed E-state index contributed by atoms with van der Waals surface area (Å²) >= 11 is 0. The molecule has 1 aromatic carbocycles. The zero-order valence-electron chi connectivity index (χ0n) is 13.2. The molecule has 0 fully saturated rings. The van der Waals surface area contributed by atoms with E-state index in [0.29, 0.717) is 17.1 Å². The zero-order valence-corrected chi connectivity index (χ0v) is 13.2. The maximum absolute atomic E-state index is 12.3. The lowest BCUT2D eigenvalue weighted by Gasteiger charge is -2.15. The number of carbonyl (C=O) groups is 3. The summed E-state index contributed by atoms with van der Waals surface area (Å²) in [5.41, 5.74) is 10.9. The van der Waals surface area contributed by atoms with Crippen LogP contribution in [-0.4, -0.2) is 43.1 Å². The van der Waals surface area contributed by atoms with Gasteiger partial charge in [0.1, 0.15) is 0 Å². The van der Waals surface area contributed by atoms with E-state index in [1.54, 1.807) is 25.1 Å². The number of rotatable bonds is 8. The fourth-order valence-electron chi connectivity index (χ4n) is 2.12. The first-order valence-corrected chi connectivity index (χ1v) is 7.37. The van der Waals surface area contributed by atoms with Crippen LogP contribution in [0.15, 0.2) is 18.2 Å². The van der Waals surface area contributed by atoms with Crippen LogP contribution < -0.4 is 31.6 Å². The minimum atomic E-state index is -1.01. The van der Waals surface area contributed by atoms with Gasteiger partial charge in [0.2, 0.25) is 18.6 Å². The van der Waals surface area contributed by atoms with Crippen molar-refractivity contribution >= 4 is 17.6 Å². The van der Waals surface area contributed by atoms with Gasteiger partial charge >= 0.3 is 0 Å². The summed E-state index contributed by atoms with van der Waals surface area (Å²) < 4.78 is 10.4. The highest BCUT2D eigenvalue weighted by molar-refractivity contribution is 6.00. The van der Waals surface area contributed by atoms with Crippen molar-refractivity contribution in [3.63, 3.8) is 0 Å². The molecular weight excluding hydrogens is 316 g/mol. The van der Waals surface area contributed by atoms with Gasteiger partial charge in [0.05, 0.1) is 25.2 Å². The van der Waals surface area contributed by atoms with Crippen molar-refractivity contribution < 1.29 is 23.9 Å². The quantitative estimate of drug-likeness (QED) is 0.346. The first-order chi connectivity index (χ1) is 11.4. The molecule has 2 amide bonds. The van der Waals surface area contributed by atoms with E-state index < -0.39 is 23.9 Å². The molecule has 6 N–H and O–H groups in total.